The first kappa shape index (κ1) is 16.8. The van der Waals surface area contributed by atoms with E-state index in [1.807, 2.05) is 29.2 Å². The van der Waals surface area contributed by atoms with E-state index >= 15 is 0 Å². The number of nitrogens with one attached hydrogen (secondary N) is 1. The number of hydrogen-bond donors (Lipinski definition) is 1. The standard InChI is InChI=1S/C19H17ClFN3O2/c20-13-5-6-15(14(21)11-13)22-18(25)12-7-9-24(10-8-12)19-23-16-3-1-2-4-17(16)26-19/h1-6,11-12H,7-10H2,(H,22,25). The lowest BCUT2D eigenvalue weighted by Crippen LogP contribution is -2.38. The van der Waals surface area contributed by atoms with Gasteiger partial charge in [0, 0.05) is 24.0 Å². The zero-order valence-electron chi connectivity index (χ0n) is 13.9. The van der Waals surface area contributed by atoms with Crippen molar-refractivity contribution in [2.45, 2.75) is 12.8 Å². The number of rotatable bonds is 3. The van der Waals surface area contributed by atoms with Gasteiger partial charge in [-0.25, -0.2) is 4.39 Å². The maximum absolute atomic E-state index is 13.8. The Morgan fingerprint density at radius 1 is 1.23 bits per heavy atom. The molecule has 1 N–H and O–H groups in total. The number of nitrogens with zero attached hydrogens (tertiary/aromatic N) is 2. The van der Waals surface area contributed by atoms with Gasteiger partial charge in [-0.2, -0.15) is 4.98 Å². The van der Waals surface area contributed by atoms with Gasteiger partial charge in [-0.3, -0.25) is 4.79 Å². The third kappa shape index (κ3) is 3.37. The minimum atomic E-state index is -0.533. The highest BCUT2D eigenvalue weighted by Gasteiger charge is 2.27. The number of fused-ring (bicyclic) bond motifs is 1. The normalized spacial score (nSPS) is 15.4. The van der Waals surface area contributed by atoms with Crippen LogP contribution in [0.3, 0.4) is 0 Å². The second kappa shape index (κ2) is 6.96. The Balaban J connectivity index is 1.39. The van der Waals surface area contributed by atoms with Gasteiger partial charge in [-0.1, -0.05) is 23.7 Å². The van der Waals surface area contributed by atoms with Crippen LogP contribution < -0.4 is 10.2 Å². The number of amides is 1. The van der Waals surface area contributed by atoms with Gasteiger partial charge < -0.3 is 14.6 Å². The van der Waals surface area contributed by atoms with Crippen LogP contribution in [-0.2, 0) is 4.79 Å². The first-order valence-electron chi connectivity index (χ1n) is 8.46. The van der Waals surface area contributed by atoms with Crippen LogP contribution in [0, 0.1) is 11.7 Å². The fourth-order valence-corrected chi connectivity index (χ4v) is 3.31. The van der Waals surface area contributed by atoms with Crippen molar-refractivity contribution < 1.29 is 13.6 Å². The lowest BCUT2D eigenvalue weighted by molar-refractivity contribution is -0.120. The molecule has 1 aliphatic rings. The third-order valence-electron chi connectivity index (χ3n) is 4.61. The second-order valence-electron chi connectivity index (χ2n) is 6.34. The van der Waals surface area contributed by atoms with E-state index in [1.54, 1.807) is 6.07 Å². The molecule has 0 spiro atoms. The number of para-hydroxylation sites is 2. The monoisotopic (exact) mass is 373 g/mol. The van der Waals surface area contributed by atoms with Crippen LogP contribution in [-0.4, -0.2) is 24.0 Å². The van der Waals surface area contributed by atoms with Crippen molar-refractivity contribution in [2.24, 2.45) is 5.92 Å². The number of piperidine rings is 1. The number of halogens is 2. The average molecular weight is 374 g/mol. The van der Waals surface area contributed by atoms with Crippen molar-refractivity contribution >= 4 is 40.3 Å². The fourth-order valence-electron chi connectivity index (χ4n) is 3.15. The number of anilines is 2. The molecule has 0 radical (unpaired) electrons. The zero-order valence-corrected chi connectivity index (χ0v) is 14.7. The van der Waals surface area contributed by atoms with Gasteiger partial charge in [0.15, 0.2) is 5.58 Å². The summed E-state index contributed by atoms with van der Waals surface area (Å²) in [6, 6.07) is 12.4. The molecule has 4 rings (SSSR count). The predicted octanol–water partition coefficient (Wildman–Crippen LogP) is 4.48. The van der Waals surface area contributed by atoms with Crippen molar-refractivity contribution in [1.82, 2.24) is 4.98 Å². The Morgan fingerprint density at radius 3 is 2.73 bits per heavy atom. The minimum absolute atomic E-state index is 0.154. The number of carbonyl (C=O) groups is 1. The smallest absolute Gasteiger partial charge is 0.298 e. The van der Waals surface area contributed by atoms with E-state index < -0.39 is 5.82 Å². The summed E-state index contributed by atoms with van der Waals surface area (Å²) < 4.78 is 19.6. The van der Waals surface area contributed by atoms with Crippen molar-refractivity contribution in [3.05, 3.63) is 53.3 Å². The summed E-state index contributed by atoms with van der Waals surface area (Å²) in [6.45, 7) is 1.32. The highest BCUT2D eigenvalue weighted by atomic mass is 35.5. The molecule has 5 nitrogen and oxygen atoms in total. The molecule has 0 aliphatic carbocycles. The van der Waals surface area contributed by atoms with E-state index in [9.17, 15) is 9.18 Å². The third-order valence-corrected chi connectivity index (χ3v) is 4.84. The lowest BCUT2D eigenvalue weighted by Gasteiger charge is -2.30. The van der Waals surface area contributed by atoms with Gasteiger partial charge in [-0.15, -0.1) is 0 Å². The molecule has 1 saturated heterocycles. The first-order chi connectivity index (χ1) is 12.6. The summed E-state index contributed by atoms with van der Waals surface area (Å²) in [6.07, 6.45) is 1.31. The Labute approximate surface area is 154 Å². The summed E-state index contributed by atoms with van der Waals surface area (Å²) in [5.41, 5.74) is 1.72. The van der Waals surface area contributed by atoms with Crippen molar-refractivity contribution in [1.29, 1.82) is 0 Å². The molecule has 0 atom stereocenters. The SMILES string of the molecule is O=C(Nc1ccc(Cl)cc1F)C1CCN(c2nc3ccccc3o2)CC1. The highest BCUT2D eigenvalue weighted by molar-refractivity contribution is 6.30. The second-order valence-corrected chi connectivity index (χ2v) is 6.78. The van der Waals surface area contributed by atoms with Gasteiger partial charge in [0.05, 0.1) is 5.69 Å². The van der Waals surface area contributed by atoms with Crippen LogP contribution in [0.1, 0.15) is 12.8 Å². The average Bonchev–Trinajstić information content (AvgIpc) is 3.08. The summed E-state index contributed by atoms with van der Waals surface area (Å²) in [5, 5.41) is 2.95. The Bertz CT molecular complexity index is 918. The number of carbonyl (C=O) groups excluding carboxylic acids is 1. The molecule has 134 valence electrons. The number of aromatic nitrogens is 1. The molecule has 0 saturated carbocycles. The van der Waals surface area contributed by atoms with Crippen LogP contribution in [0.2, 0.25) is 5.02 Å². The first-order valence-corrected chi connectivity index (χ1v) is 8.84. The maximum Gasteiger partial charge on any atom is 0.298 e. The Morgan fingerprint density at radius 2 is 2.00 bits per heavy atom. The van der Waals surface area contributed by atoms with Gasteiger partial charge >= 0.3 is 0 Å². The van der Waals surface area contributed by atoms with Crippen molar-refractivity contribution in [2.75, 3.05) is 23.3 Å². The topological polar surface area (TPSA) is 58.4 Å². The molecule has 3 aromatic rings. The molecule has 2 heterocycles. The van der Waals surface area contributed by atoms with Gasteiger partial charge in [0.25, 0.3) is 6.01 Å². The van der Waals surface area contributed by atoms with E-state index in [4.69, 9.17) is 16.0 Å². The predicted molar refractivity (Wildman–Crippen MR) is 99.0 cm³/mol. The van der Waals surface area contributed by atoms with Crippen molar-refractivity contribution in [3.8, 4) is 0 Å². The molecule has 7 heteroatoms. The molecular weight excluding hydrogens is 357 g/mol. The van der Waals surface area contributed by atoms with E-state index in [0.29, 0.717) is 37.0 Å². The van der Waals surface area contributed by atoms with E-state index in [1.165, 1.54) is 12.1 Å². The molecule has 2 aromatic carbocycles. The largest absolute Gasteiger partial charge is 0.423 e. The molecular formula is C19H17ClFN3O2. The van der Waals surface area contributed by atoms with Crippen LogP contribution in [0.5, 0.6) is 0 Å². The van der Waals surface area contributed by atoms with Crippen molar-refractivity contribution in [3.63, 3.8) is 0 Å². The van der Waals surface area contributed by atoms with E-state index in [2.05, 4.69) is 10.3 Å². The summed E-state index contributed by atoms with van der Waals surface area (Å²) in [7, 11) is 0. The molecule has 0 unspecified atom stereocenters. The molecule has 1 fully saturated rings. The molecule has 0 bridgehead atoms. The lowest BCUT2D eigenvalue weighted by atomic mass is 9.96. The van der Waals surface area contributed by atoms with Crippen LogP contribution in [0.25, 0.3) is 11.1 Å². The minimum Gasteiger partial charge on any atom is -0.423 e. The maximum atomic E-state index is 13.8. The zero-order chi connectivity index (χ0) is 18.1. The van der Waals surface area contributed by atoms with Gasteiger partial charge in [0.2, 0.25) is 5.91 Å². The summed E-state index contributed by atoms with van der Waals surface area (Å²) in [4.78, 5) is 18.9. The summed E-state index contributed by atoms with van der Waals surface area (Å²) >= 11 is 5.73. The summed E-state index contributed by atoms with van der Waals surface area (Å²) in [5.74, 6) is -0.885. The van der Waals surface area contributed by atoms with Crippen LogP contribution in [0.15, 0.2) is 46.9 Å². The molecule has 1 aliphatic heterocycles. The Hall–Kier alpha value is -2.60. The van der Waals surface area contributed by atoms with Gasteiger partial charge in [-0.05, 0) is 43.2 Å². The molecule has 1 amide bonds. The Kier molecular flexibility index (Phi) is 4.51. The highest BCUT2D eigenvalue weighted by Crippen LogP contribution is 2.27. The van der Waals surface area contributed by atoms with Gasteiger partial charge in [0.1, 0.15) is 11.3 Å². The number of benzene rings is 2. The molecule has 1 aromatic heterocycles. The van der Waals surface area contributed by atoms with Crippen LogP contribution >= 0.6 is 11.6 Å². The molecule has 26 heavy (non-hydrogen) atoms. The van der Waals surface area contributed by atoms with Crippen LogP contribution in [0.4, 0.5) is 16.1 Å². The van der Waals surface area contributed by atoms with E-state index in [0.717, 1.165) is 11.1 Å². The van der Waals surface area contributed by atoms with E-state index in [-0.39, 0.29) is 17.5 Å². The number of hydrogen-bond acceptors (Lipinski definition) is 4. The quantitative estimate of drug-likeness (QED) is 0.735. The fraction of sp³-hybridized carbons (Fsp3) is 0.263. The number of oxazole rings is 1.